The molecule has 0 aliphatic carbocycles. The number of carbonyl (C=O) groups excluding carboxylic acids is 1. The average Bonchev–Trinajstić information content (AvgIpc) is 2.54. The number of hydrogen-bond donors (Lipinski definition) is 3. The highest BCUT2D eigenvalue weighted by Crippen LogP contribution is 2.20. The number of ether oxygens (including phenoxy) is 1. The van der Waals surface area contributed by atoms with Crippen molar-refractivity contribution in [3.63, 3.8) is 0 Å². The van der Waals surface area contributed by atoms with Crippen LogP contribution in [0.2, 0.25) is 0 Å². The van der Waals surface area contributed by atoms with Crippen molar-refractivity contribution >= 4 is 17.7 Å². The highest BCUT2D eigenvalue weighted by molar-refractivity contribution is 5.93. The van der Waals surface area contributed by atoms with Crippen molar-refractivity contribution in [2.45, 2.75) is 13.0 Å². The van der Waals surface area contributed by atoms with Crippen molar-refractivity contribution in [2.75, 3.05) is 12.4 Å². The molecule has 0 aliphatic heterocycles. The molecule has 1 atom stereocenters. The Balaban J connectivity index is 2.14. The van der Waals surface area contributed by atoms with Crippen LogP contribution in [0.1, 0.15) is 17.2 Å². The molecule has 6 heteroatoms. The number of carboxylic acids is 1. The van der Waals surface area contributed by atoms with Gasteiger partial charge in [0.1, 0.15) is 5.75 Å². The first-order valence-corrected chi connectivity index (χ1v) is 7.01. The second-order valence-corrected chi connectivity index (χ2v) is 4.96. The summed E-state index contributed by atoms with van der Waals surface area (Å²) in [5.74, 6) is -0.631. The molecule has 0 bridgehead atoms. The molecule has 120 valence electrons. The summed E-state index contributed by atoms with van der Waals surface area (Å²) in [5, 5.41) is 14.5. The lowest BCUT2D eigenvalue weighted by Gasteiger charge is -2.17. The zero-order chi connectivity index (χ0) is 16.8. The molecule has 2 amide bonds. The Morgan fingerprint density at radius 3 is 2.52 bits per heavy atom. The van der Waals surface area contributed by atoms with Gasteiger partial charge in [0, 0.05) is 5.69 Å². The van der Waals surface area contributed by atoms with E-state index in [0.717, 1.165) is 5.56 Å². The fourth-order valence-electron chi connectivity index (χ4n) is 2.11. The molecule has 2 aromatic carbocycles. The lowest BCUT2D eigenvalue weighted by Crippen LogP contribution is -2.36. The molecule has 0 spiro atoms. The van der Waals surface area contributed by atoms with Crippen molar-refractivity contribution in [1.29, 1.82) is 0 Å². The first kappa shape index (κ1) is 16.4. The smallest absolute Gasteiger partial charge is 0.330 e. The van der Waals surface area contributed by atoms with Crippen LogP contribution in [0, 0.1) is 6.92 Å². The van der Waals surface area contributed by atoms with Crippen LogP contribution < -0.4 is 15.4 Å². The number of para-hydroxylation sites is 1. The standard InChI is InChI=1S/C17H18N2O4/c1-11-6-3-4-9-14(11)18-17(22)19-15(16(20)21)12-7-5-8-13(10-12)23-2/h3-10,15H,1-2H3,(H,20,21)(H2,18,19,22). The van der Waals surface area contributed by atoms with Crippen LogP contribution in [-0.4, -0.2) is 24.2 Å². The fourth-order valence-corrected chi connectivity index (χ4v) is 2.11. The minimum absolute atomic E-state index is 0.428. The van der Waals surface area contributed by atoms with Gasteiger partial charge < -0.3 is 20.5 Å². The van der Waals surface area contributed by atoms with Gasteiger partial charge in [-0.3, -0.25) is 0 Å². The molecule has 0 aliphatic rings. The Kier molecular flexibility index (Phi) is 5.19. The summed E-state index contributed by atoms with van der Waals surface area (Å²) < 4.78 is 5.08. The van der Waals surface area contributed by atoms with Gasteiger partial charge >= 0.3 is 12.0 Å². The molecular weight excluding hydrogens is 296 g/mol. The summed E-state index contributed by atoms with van der Waals surface area (Å²) in [5.41, 5.74) is 1.94. The van der Waals surface area contributed by atoms with E-state index < -0.39 is 18.0 Å². The van der Waals surface area contributed by atoms with Gasteiger partial charge in [0.25, 0.3) is 0 Å². The third kappa shape index (κ3) is 4.23. The number of aryl methyl sites for hydroxylation is 1. The van der Waals surface area contributed by atoms with Crippen LogP contribution in [0.4, 0.5) is 10.5 Å². The number of benzene rings is 2. The number of carboxylic acid groups (broad SMARTS) is 1. The Bertz CT molecular complexity index is 715. The number of nitrogens with one attached hydrogen (secondary N) is 2. The molecule has 0 radical (unpaired) electrons. The molecule has 2 rings (SSSR count). The summed E-state index contributed by atoms with van der Waals surface area (Å²) in [4.78, 5) is 23.6. The van der Waals surface area contributed by atoms with Crippen molar-refractivity contribution in [3.05, 3.63) is 59.7 Å². The number of anilines is 1. The Morgan fingerprint density at radius 2 is 1.87 bits per heavy atom. The van der Waals surface area contributed by atoms with Crippen LogP contribution in [-0.2, 0) is 4.79 Å². The quantitative estimate of drug-likeness (QED) is 0.792. The van der Waals surface area contributed by atoms with Gasteiger partial charge in [-0.2, -0.15) is 0 Å². The van der Waals surface area contributed by atoms with E-state index in [0.29, 0.717) is 17.0 Å². The number of hydrogen-bond acceptors (Lipinski definition) is 3. The molecule has 3 N–H and O–H groups in total. The van der Waals surface area contributed by atoms with Crippen LogP contribution in [0.5, 0.6) is 5.75 Å². The molecule has 6 nitrogen and oxygen atoms in total. The highest BCUT2D eigenvalue weighted by atomic mass is 16.5. The zero-order valence-corrected chi connectivity index (χ0v) is 12.9. The van der Waals surface area contributed by atoms with Crippen molar-refractivity contribution in [1.82, 2.24) is 5.32 Å². The van der Waals surface area contributed by atoms with Gasteiger partial charge in [-0.25, -0.2) is 9.59 Å². The van der Waals surface area contributed by atoms with Crippen LogP contribution in [0.15, 0.2) is 48.5 Å². The normalized spacial score (nSPS) is 11.4. The summed E-state index contributed by atoms with van der Waals surface area (Å²) in [6.07, 6.45) is 0. The molecule has 23 heavy (non-hydrogen) atoms. The van der Waals surface area contributed by atoms with E-state index in [4.69, 9.17) is 4.74 Å². The molecule has 0 heterocycles. The molecule has 0 saturated heterocycles. The van der Waals surface area contributed by atoms with E-state index in [2.05, 4.69) is 10.6 Å². The first-order valence-electron chi connectivity index (χ1n) is 7.01. The van der Waals surface area contributed by atoms with Gasteiger partial charge in [0.2, 0.25) is 0 Å². The predicted octanol–water partition coefficient (Wildman–Crippen LogP) is 2.95. The predicted molar refractivity (Wildman–Crippen MR) is 86.7 cm³/mol. The number of urea groups is 1. The van der Waals surface area contributed by atoms with Gasteiger partial charge in [0.15, 0.2) is 6.04 Å². The third-order valence-corrected chi connectivity index (χ3v) is 3.34. The second-order valence-electron chi connectivity index (χ2n) is 4.96. The fraction of sp³-hybridized carbons (Fsp3) is 0.176. The van der Waals surface area contributed by atoms with E-state index in [-0.39, 0.29) is 0 Å². The number of amides is 2. The van der Waals surface area contributed by atoms with Crippen LogP contribution in [0.3, 0.4) is 0 Å². The summed E-state index contributed by atoms with van der Waals surface area (Å²) in [6.45, 7) is 1.85. The summed E-state index contributed by atoms with van der Waals surface area (Å²) >= 11 is 0. The van der Waals surface area contributed by atoms with E-state index in [9.17, 15) is 14.7 Å². The maximum Gasteiger partial charge on any atom is 0.330 e. The lowest BCUT2D eigenvalue weighted by atomic mass is 10.1. The minimum Gasteiger partial charge on any atom is -0.497 e. The molecule has 1 unspecified atom stereocenters. The topological polar surface area (TPSA) is 87.7 Å². The van der Waals surface area contributed by atoms with Crippen molar-refractivity contribution in [3.8, 4) is 5.75 Å². The van der Waals surface area contributed by atoms with Gasteiger partial charge in [-0.05, 0) is 36.2 Å². The Hall–Kier alpha value is -3.02. The van der Waals surface area contributed by atoms with Crippen molar-refractivity contribution < 1.29 is 19.4 Å². The molecule has 2 aromatic rings. The maximum absolute atomic E-state index is 12.1. The maximum atomic E-state index is 12.1. The molecule has 0 aromatic heterocycles. The van der Waals surface area contributed by atoms with Crippen LogP contribution in [0.25, 0.3) is 0 Å². The minimum atomic E-state index is -1.17. The zero-order valence-electron chi connectivity index (χ0n) is 12.9. The van der Waals surface area contributed by atoms with Crippen LogP contribution >= 0.6 is 0 Å². The summed E-state index contributed by atoms with van der Waals surface area (Å²) in [6, 6.07) is 12.1. The first-order chi connectivity index (χ1) is 11.0. The van der Waals surface area contributed by atoms with Gasteiger partial charge in [-0.1, -0.05) is 30.3 Å². The van der Waals surface area contributed by atoms with Gasteiger partial charge in [-0.15, -0.1) is 0 Å². The molecular formula is C17H18N2O4. The molecule has 0 fully saturated rings. The monoisotopic (exact) mass is 314 g/mol. The number of methoxy groups -OCH3 is 1. The van der Waals surface area contributed by atoms with Crippen molar-refractivity contribution in [2.24, 2.45) is 0 Å². The largest absolute Gasteiger partial charge is 0.497 e. The Morgan fingerprint density at radius 1 is 1.13 bits per heavy atom. The van der Waals surface area contributed by atoms with Gasteiger partial charge in [0.05, 0.1) is 7.11 Å². The second kappa shape index (κ2) is 7.31. The average molecular weight is 314 g/mol. The van der Waals surface area contributed by atoms with E-state index in [1.165, 1.54) is 7.11 Å². The highest BCUT2D eigenvalue weighted by Gasteiger charge is 2.22. The number of carbonyl (C=O) groups is 2. The number of aliphatic carboxylic acids is 1. The van der Waals surface area contributed by atoms with E-state index in [1.807, 2.05) is 19.1 Å². The van der Waals surface area contributed by atoms with E-state index >= 15 is 0 Å². The Labute approximate surface area is 134 Å². The third-order valence-electron chi connectivity index (χ3n) is 3.34. The summed E-state index contributed by atoms with van der Waals surface area (Å²) in [7, 11) is 1.49. The number of rotatable bonds is 5. The molecule has 0 saturated carbocycles. The van der Waals surface area contributed by atoms with E-state index in [1.54, 1.807) is 36.4 Å². The SMILES string of the molecule is COc1cccc(C(NC(=O)Nc2ccccc2C)C(=O)O)c1. The lowest BCUT2D eigenvalue weighted by molar-refractivity contribution is -0.139.